The molecule has 1 amide bonds. The molecule has 24 heavy (non-hydrogen) atoms. The monoisotopic (exact) mass is 323 g/mol. The Morgan fingerprint density at radius 3 is 2.92 bits per heavy atom. The Balaban J connectivity index is 1.63. The lowest BCUT2D eigenvalue weighted by atomic mass is 10.1. The molecule has 2 aromatic rings. The summed E-state index contributed by atoms with van der Waals surface area (Å²) in [6.07, 6.45) is 11.1. The van der Waals surface area contributed by atoms with Crippen LogP contribution < -0.4 is 4.74 Å². The van der Waals surface area contributed by atoms with E-state index >= 15 is 0 Å². The molecule has 6 heteroatoms. The van der Waals surface area contributed by atoms with Crippen LogP contribution in [0.5, 0.6) is 5.75 Å². The van der Waals surface area contributed by atoms with Crippen LogP contribution in [0.3, 0.4) is 0 Å². The van der Waals surface area contributed by atoms with Crippen molar-refractivity contribution in [2.24, 2.45) is 7.05 Å². The highest BCUT2D eigenvalue weighted by molar-refractivity contribution is 5.79. The van der Waals surface area contributed by atoms with E-state index < -0.39 is 0 Å². The van der Waals surface area contributed by atoms with Crippen molar-refractivity contribution in [2.45, 2.75) is 0 Å². The van der Waals surface area contributed by atoms with Gasteiger partial charge < -0.3 is 14.5 Å². The van der Waals surface area contributed by atoms with Gasteiger partial charge in [0.1, 0.15) is 5.75 Å². The first kappa shape index (κ1) is 15.9. The molecule has 0 unspecified atom stereocenters. The molecule has 6 nitrogen and oxygen atoms in total. The van der Waals surface area contributed by atoms with E-state index in [2.05, 4.69) is 11.2 Å². The fraction of sp³-hybridized carbons (Fsp3) is 0.222. The molecule has 1 aromatic heterocycles. The number of aromatic nitrogens is 2. The van der Waals surface area contributed by atoms with Crippen LogP contribution >= 0.6 is 0 Å². The topological polar surface area (TPSA) is 50.6 Å². The van der Waals surface area contributed by atoms with Crippen LogP contribution in [0.2, 0.25) is 0 Å². The molecule has 0 aliphatic carbocycles. The molecule has 0 atom stereocenters. The van der Waals surface area contributed by atoms with Gasteiger partial charge in [-0.2, -0.15) is 5.10 Å². The van der Waals surface area contributed by atoms with Crippen LogP contribution in [-0.2, 0) is 11.8 Å². The molecule has 0 spiro atoms. The van der Waals surface area contributed by atoms with Gasteiger partial charge in [0, 0.05) is 51.0 Å². The summed E-state index contributed by atoms with van der Waals surface area (Å²) >= 11 is 0. The second kappa shape index (κ2) is 7.04. The molecule has 0 fully saturated rings. The Labute approximate surface area is 141 Å². The highest BCUT2D eigenvalue weighted by Crippen LogP contribution is 2.23. The van der Waals surface area contributed by atoms with Gasteiger partial charge in [-0.05, 0) is 35.9 Å². The zero-order chi connectivity index (χ0) is 16.9. The van der Waals surface area contributed by atoms with Crippen LogP contribution in [0, 0.1) is 6.07 Å². The van der Waals surface area contributed by atoms with E-state index in [1.54, 1.807) is 28.0 Å². The molecule has 0 bridgehead atoms. The third kappa shape index (κ3) is 3.84. The van der Waals surface area contributed by atoms with Crippen molar-refractivity contribution in [3.63, 3.8) is 0 Å². The van der Waals surface area contributed by atoms with E-state index in [4.69, 9.17) is 4.74 Å². The molecule has 1 radical (unpaired) electrons. The lowest BCUT2D eigenvalue weighted by molar-refractivity contribution is -0.130. The highest BCUT2D eigenvalue weighted by atomic mass is 16.5. The van der Waals surface area contributed by atoms with Gasteiger partial charge in [-0.1, -0.05) is 0 Å². The normalized spacial score (nSPS) is 13.9. The highest BCUT2D eigenvalue weighted by Gasteiger charge is 2.12. The Morgan fingerprint density at radius 2 is 2.12 bits per heavy atom. The van der Waals surface area contributed by atoms with Crippen LogP contribution in [0.25, 0.3) is 11.1 Å². The fourth-order valence-electron chi connectivity index (χ4n) is 2.31. The number of rotatable bonds is 4. The number of ether oxygens (including phenoxy) is 1. The van der Waals surface area contributed by atoms with Crippen molar-refractivity contribution >= 4 is 5.91 Å². The molecule has 1 aliphatic rings. The first-order valence-electron chi connectivity index (χ1n) is 7.61. The number of aryl methyl sites for hydroxylation is 1. The Morgan fingerprint density at radius 1 is 1.25 bits per heavy atom. The first-order chi connectivity index (χ1) is 11.6. The van der Waals surface area contributed by atoms with Gasteiger partial charge >= 0.3 is 0 Å². The molecule has 1 aromatic carbocycles. The van der Waals surface area contributed by atoms with Crippen molar-refractivity contribution in [2.75, 3.05) is 20.2 Å². The van der Waals surface area contributed by atoms with Crippen LogP contribution in [0.1, 0.15) is 0 Å². The van der Waals surface area contributed by atoms with Gasteiger partial charge in [0.05, 0.1) is 6.20 Å². The maximum Gasteiger partial charge on any atom is 0.264 e. The second-order valence-electron chi connectivity index (χ2n) is 5.54. The maximum absolute atomic E-state index is 12.3. The minimum atomic E-state index is -0.0991. The fourth-order valence-corrected chi connectivity index (χ4v) is 2.31. The molecule has 2 heterocycles. The summed E-state index contributed by atoms with van der Waals surface area (Å²) in [7, 11) is 3.78. The summed E-state index contributed by atoms with van der Waals surface area (Å²) in [4.78, 5) is 15.8. The van der Waals surface area contributed by atoms with E-state index in [1.807, 2.05) is 55.8 Å². The van der Waals surface area contributed by atoms with E-state index in [-0.39, 0.29) is 12.5 Å². The van der Waals surface area contributed by atoms with Crippen LogP contribution in [0.4, 0.5) is 0 Å². The van der Waals surface area contributed by atoms with Crippen molar-refractivity contribution in [3.8, 4) is 16.9 Å². The van der Waals surface area contributed by atoms with Gasteiger partial charge in [0.25, 0.3) is 5.91 Å². The Hall–Kier alpha value is -3.02. The van der Waals surface area contributed by atoms with Crippen LogP contribution in [-0.4, -0.2) is 45.7 Å². The molecule has 3 rings (SSSR count). The third-order valence-corrected chi connectivity index (χ3v) is 3.61. The minimum Gasteiger partial charge on any atom is -0.484 e. The summed E-state index contributed by atoms with van der Waals surface area (Å²) < 4.78 is 7.38. The lowest BCUT2D eigenvalue weighted by Crippen LogP contribution is -2.30. The lowest BCUT2D eigenvalue weighted by Gasteiger charge is -2.16. The molecule has 0 N–H and O–H groups in total. The quantitative estimate of drug-likeness (QED) is 0.864. The Bertz CT molecular complexity index is 779. The molecule has 0 saturated carbocycles. The van der Waals surface area contributed by atoms with Crippen LogP contribution in [0.15, 0.2) is 55.3 Å². The van der Waals surface area contributed by atoms with Gasteiger partial charge in [0.15, 0.2) is 6.61 Å². The summed E-state index contributed by atoms with van der Waals surface area (Å²) in [5.74, 6) is 0.508. The summed E-state index contributed by atoms with van der Waals surface area (Å²) in [5.41, 5.74) is 1.93. The standard InChI is InChI=1S/C18H19N4O2/c1-20-7-4-8-22(10-9-20)18(23)14-24-17-6-3-5-15(11-17)16-12-19-21(2)13-16/h4-7,9-13H,8,14H2,1-2H3. The van der Waals surface area contributed by atoms with Crippen molar-refractivity contribution in [1.29, 1.82) is 0 Å². The number of hydrogen-bond acceptors (Lipinski definition) is 4. The predicted molar refractivity (Wildman–Crippen MR) is 90.7 cm³/mol. The first-order valence-corrected chi connectivity index (χ1v) is 7.61. The van der Waals surface area contributed by atoms with E-state index in [1.165, 1.54) is 0 Å². The zero-order valence-electron chi connectivity index (χ0n) is 13.7. The average molecular weight is 323 g/mol. The molecule has 1 aliphatic heterocycles. The molecular formula is C18H19N4O2. The maximum atomic E-state index is 12.3. The number of carbonyl (C=O) groups excluding carboxylic acids is 1. The predicted octanol–water partition coefficient (Wildman–Crippen LogP) is 2.02. The number of hydrogen-bond donors (Lipinski definition) is 0. The summed E-state index contributed by atoms with van der Waals surface area (Å²) in [6, 6.07) is 8.51. The van der Waals surface area contributed by atoms with Crippen molar-refractivity contribution in [1.82, 2.24) is 19.6 Å². The van der Waals surface area contributed by atoms with Gasteiger partial charge in [-0.25, -0.2) is 0 Å². The number of nitrogens with zero attached hydrogens (tertiary/aromatic N) is 4. The van der Waals surface area contributed by atoms with Gasteiger partial charge in [0.2, 0.25) is 0 Å². The Kier molecular flexibility index (Phi) is 4.65. The number of benzene rings is 1. The van der Waals surface area contributed by atoms with Gasteiger partial charge in [-0.3, -0.25) is 9.48 Å². The van der Waals surface area contributed by atoms with E-state index in [0.717, 1.165) is 11.1 Å². The summed E-state index contributed by atoms with van der Waals surface area (Å²) in [5, 5.41) is 4.16. The van der Waals surface area contributed by atoms with Crippen molar-refractivity contribution in [3.05, 3.63) is 61.3 Å². The summed E-state index contributed by atoms with van der Waals surface area (Å²) in [6.45, 7) is 0.511. The number of carbonyl (C=O) groups is 1. The second-order valence-corrected chi connectivity index (χ2v) is 5.54. The molecular weight excluding hydrogens is 304 g/mol. The smallest absolute Gasteiger partial charge is 0.264 e. The third-order valence-electron chi connectivity index (χ3n) is 3.61. The average Bonchev–Trinajstić information content (AvgIpc) is 2.90. The van der Waals surface area contributed by atoms with E-state index in [9.17, 15) is 4.79 Å². The van der Waals surface area contributed by atoms with E-state index in [0.29, 0.717) is 12.3 Å². The SMILES string of the molecule is CN1C=CCN(C(=O)COc2c[c]cc(-c3cnn(C)c3)c2)C=C1. The van der Waals surface area contributed by atoms with Gasteiger partial charge in [-0.15, -0.1) is 0 Å². The largest absolute Gasteiger partial charge is 0.484 e. The number of amides is 1. The minimum absolute atomic E-state index is 0.0216. The molecule has 0 saturated heterocycles. The zero-order valence-corrected chi connectivity index (χ0v) is 13.7. The van der Waals surface area contributed by atoms with Crippen molar-refractivity contribution < 1.29 is 9.53 Å². The molecule has 123 valence electrons.